The molecule has 0 saturated carbocycles. The molecule has 2 heterocycles. The van der Waals surface area contributed by atoms with E-state index in [0.717, 1.165) is 49.8 Å². The molecule has 0 atom stereocenters. The lowest BCUT2D eigenvalue weighted by atomic mass is 10.1. The number of hydrogen-bond donors (Lipinski definition) is 2. The first-order chi connectivity index (χ1) is 16.5. The monoisotopic (exact) mass is 486 g/mol. The molecule has 0 radical (unpaired) electrons. The fraction of sp³-hybridized carbons (Fsp3) is 0.304. The predicted octanol–water partition coefficient (Wildman–Crippen LogP) is 3.08. The number of nitrogens with one attached hydrogen (secondary N) is 2. The van der Waals surface area contributed by atoms with Crippen molar-refractivity contribution in [3.8, 4) is 5.69 Å². The number of amides is 2. The third-order valence-corrected chi connectivity index (χ3v) is 6.28. The van der Waals surface area contributed by atoms with Crippen molar-refractivity contribution >= 4 is 23.6 Å². The highest BCUT2D eigenvalue weighted by Gasteiger charge is 2.20. The number of benzene rings is 2. The van der Waals surface area contributed by atoms with Gasteiger partial charge < -0.3 is 0 Å². The van der Waals surface area contributed by atoms with E-state index in [2.05, 4.69) is 25.9 Å². The summed E-state index contributed by atoms with van der Waals surface area (Å²) >= 11 is 1.15. The van der Waals surface area contributed by atoms with Crippen molar-refractivity contribution in [1.29, 1.82) is 0 Å². The van der Waals surface area contributed by atoms with Gasteiger partial charge >= 0.3 is 0 Å². The Balaban J connectivity index is 1.41. The minimum Gasteiger partial charge on any atom is -0.296 e. The number of nitrogens with zero attached hydrogens (tertiary/aromatic N) is 4. The molecule has 8 nitrogen and oxygen atoms in total. The number of piperidine rings is 1. The Morgan fingerprint density at radius 1 is 0.882 bits per heavy atom. The van der Waals surface area contributed by atoms with Crippen LogP contribution in [0.1, 0.15) is 35.4 Å². The van der Waals surface area contributed by atoms with E-state index < -0.39 is 17.6 Å². The van der Waals surface area contributed by atoms with E-state index in [9.17, 15) is 18.4 Å². The molecule has 0 bridgehead atoms. The second kappa shape index (κ2) is 11.2. The quantitative estimate of drug-likeness (QED) is 0.394. The summed E-state index contributed by atoms with van der Waals surface area (Å²) in [4.78, 5) is 26.7. The first-order valence-corrected chi connectivity index (χ1v) is 11.9. The van der Waals surface area contributed by atoms with Gasteiger partial charge in [0.05, 0.1) is 12.3 Å². The summed E-state index contributed by atoms with van der Waals surface area (Å²) in [7, 11) is 0. The highest BCUT2D eigenvalue weighted by molar-refractivity contribution is 7.99. The zero-order valence-electron chi connectivity index (χ0n) is 18.3. The number of halogens is 2. The Labute approximate surface area is 199 Å². The van der Waals surface area contributed by atoms with E-state index in [1.54, 1.807) is 12.1 Å². The van der Waals surface area contributed by atoms with Gasteiger partial charge in [0.1, 0.15) is 11.6 Å². The average Bonchev–Trinajstić information content (AvgIpc) is 3.25. The van der Waals surface area contributed by atoms with Gasteiger partial charge in [0.15, 0.2) is 11.0 Å². The minimum absolute atomic E-state index is 0.0350. The van der Waals surface area contributed by atoms with E-state index in [0.29, 0.717) is 23.2 Å². The number of rotatable bonds is 7. The van der Waals surface area contributed by atoms with Crippen molar-refractivity contribution in [3.05, 3.63) is 71.6 Å². The van der Waals surface area contributed by atoms with Gasteiger partial charge in [-0.05, 0) is 74.5 Å². The summed E-state index contributed by atoms with van der Waals surface area (Å²) in [6.07, 6.45) is 3.49. The Hall–Kier alpha value is -3.31. The third-order valence-electron chi connectivity index (χ3n) is 5.35. The molecule has 1 saturated heterocycles. The minimum atomic E-state index is -0.559. The van der Waals surface area contributed by atoms with E-state index in [1.807, 2.05) is 4.57 Å². The average molecular weight is 487 g/mol. The number of carbonyl (C=O) groups is 2. The molecule has 0 spiro atoms. The topological polar surface area (TPSA) is 92.2 Å². The molecule has 34 heavy (non-hydrogen) atoms. The van der Waals surface area contributed by atoms with Crippen LogP contribution < -0.4 is 10.9 Å². The Morgan fingerprint density at radius 3 is 2.21 bits per heavy atom. The second-order valence-corrected chi connectivity index (χ2v) is 8.79. The van der Waals surface area contributed by atoms with E-state index in [1.165, 1.54) is 30.7 Å². The standard InChI is InChI=1S/C23H24F2N6O2S/c24-17-6-4-16(5-7-17)22(33)28-27-21(32)15-34-23-29-26-20(14-30-12-2-1-3-13-30)31(23)19-10-8-18(25)9-11-19/h4-11H,1-3,12-15H2,(H,27,32)(H,28,33). The molecule has 1 aliphatic rings. The summed E-state index contributed by atoms with van der Waals surface area (Å²) in [5, 5.41) is 9.07. The van der Waals surface area contributed by atoms with E-state index >= 15 is 0 Å². The molecule has 1 fully saturated rings. The molecule has 2 amide bonds. The molecule has 3 aromatic rings. The summed E-state index contributed by atoms with van der Waals surface area (Å²) in [6, 6.07) is 11.0. The largest absolute Gasteiger partial charge is 0.296 e. The summed E-state index contributed by atoms with van der Waals surface area (Å²) in [5.41, 5.74) is 5.55. The molecular weight excluding hydrogens is 462 g/mol. The predicted molar refractivity (Wildman–Crippen MR) is 123 cm³/mol. The Bertz CT molecular complexity index is 1130. The van der Waals surface area contributed by atoms with Crippen molar-refractivity contribution in [2.75, 3.05) is 18.8 Å². The van der Waals surface area contributed by atoms with Crippen LogP contribution in [0.3, 0.4) is 0 Å². The lowest BCUT2D eigenvalue weighted by Gasteiger charge is -2.26. The summed E-state index contributed by atoms with van der Waals surface area (Å²) in [6.45, 7) is 2.56. The molecule has 2 aromatic carbocycles. The van der Waals surface area contributed by atoms with Crippen molar-refractivity contribution in [2.45, 2.75) is 31.0 Å². The Morgan fingerprint density at radius 2 is 1.53 bits per heavy atom. The first-order valence-electron chi connectivity index (χ1n) is 10.9. The zero-order chi connectivity index (χ0) is 23.9. The molecule has 1 aromatic heterocycles. The van der Waals surface area contributed by atoms with Crippen LogP contribution in [-0.4, -0.2) is 50.3 Å². The highest BCUT2D eigenvalue weighted by Crippen LogP contribution is 2.24. The maximum atomic E-state index is 13.5. The van der Waals surface area contributed by atoms with Crippen LogP contribution in [0, 0.1) is 11.6 Å². The number of carbonyl (C=O) groups excluding carboxylic acids is 2. The summed E-state index contributed by atoms with van der Waals surface area (Å²) < 4.78 is 28.3. The molecule has 178 valence electrons. The summed E-state index contributed by atoms with van der Waals surface area (Å²) in [5.74, 6) is -1.14. The van der Waals surface area contributed by atoms with Crippen molar-refractivity contribution in [2.24, 2.45) is 0 Å². The van der Waals surface area contributed by atoms with Crippen molar-refractivity contribution < 1.29 is 18.4 Å². The fourth-order valence-corrected chi connectivity index (χ4v) is 4.40. The van der Waals surface area contributed by atoms with Gasteiger partial charge in [-0.3, -0.25) is 29.9 Å². The van der Waals surface area contributed by atoms with Gasteiger partial charge in [0.25, 0.3) is 5.91 Å². The number of likely N-dealkylation sites (tertiary alicyclic amines) is 1. The normalized spacial score (nSPS) is 14.1. The van der Waals surface area contributed by atoms with Crippen LogP contribution in [-0.2, 0) is 11.3 Å². The van der Waals surface area contributed by atoms with Crippen LogP contribution in [0.5, 0.6) is 0 Å². The second-order valence-electron chi connectivity index (χ2n) is 7.85. The lowest BCUT2D eigenvalue weighted by molar-refractivity contribution is -0.119. The van der Waals surface area contributed by atoms with Gasteiger partial charge in [-0.25, -0.2) is 8.78 Å². The van der Waals surface area contributed by atoms with E-state index in [4.69, 9.17) is 0 Å². The number of aromatic nitrogens is 3. The third kappa shape index (κ3) is 6.17. The van der Waals surface area contributed by atoms with Gasteiger partial charge in [-0.1, -0.05) is 18.2 Å². The SMILES string of the molecule is O=C(CSc1nnc(CN2CCCCC2)n1-c1ccc(F)cc1)NNC(=O)c1ccc(F)cc1. The van der Waals surface area contributed by atoms with Crippen LogP contribution in [0.15, 0.2) is 53.7 Å². The number of hydrazine groups is 1. The van der Waals surface area contributed by atoms with Gasteiger partial charge in [-0.2, -0.15) is 0 Å². The molecule has 2 N–H and O–H groups in total. The lowest BCUT2D eigenvalue weighted by Crippen LogP contribution is -2.42. The van der Waals surface area contributed by atoms with Gasteiger partial charge in [0, 0.05) is 11.3 Å². The maximum Gasteiger partial charge on any atom is 0.269 e. The van der Waals surface area contributed by atoms with Crippen LogP contribution in [0.2, 0.25) is 0 Å². The highest BCUT2D eigenvalue weighted by atomic mass is 32.2. The smallest absolute Gasteiger partial charge is 0.269 e. The van der Waals surface area contributed by atoms with Crippen molar-refractivity contribution in [1.82, 2.24) is 30.5 Å². The first kappa shape index (κ1) is 23.8. The maximum absolute atomic E-state index is 13.5. The molecule has 1 aliphatic heterocycles. The molecule has 4 rings (SSSR count). The van der Waals surface area contributed by atoms with Crippen LogP contribution >= 0.6 is 11.8 Å². The Kier molecular flexibility index (Phi) is 7.86. The fourth-order valence-electron chi connectivity index (χ4n) is 3.63. The van der Waals surface area contributed by atoms with Crippen LogP contribution in [0.25, 0.3) is 5.69 Å². The van der Waals surface area contributed by atoms with Gasteiger partial charge in [-0.15, -0.1) is 10.2 Å². The number of thioether (sulfide) groups is 1. The number of hydrogen-bond acceptors (Lipinski definition) is 6. The molecular formula is C23H24F2N6O2S. The molecule has 11 heteroatoms. The van der Waals surface area contributed by atoms with E-state index in [-0.39, 0.29) is 17.1 Å². The van der Waals surface area contributed by atoms with Crippen LogP contribution in [0.4, 0.5) is 8.78 Å². The molecule has 0 aliphatic carbocycles. The zero-order valence-corrected chi connectivity index (χ0v) is 19.2. The van der Waals surface area contributed by atoms with Gasteiger partial charge in [0.2, 0.25) is 5.91 Å². The van der Waals surface area contributed by atoms with Crippen molar-refractivity contribution in [3.63, 3.8) is 0 Å². The molecule has 0 unspecified atom stereocenters.